The highest BCUT2D eigenvalue weighted by atomic mass is 79.9. The van der Waals surface area contributed by atoms with E-state index in [-0.39, 0.29) is 19.3 Å². The van der Waals surface area contributed by atoms with Crippen LogP contribution >= 0.6 is 27.5 Å². The summed E-state index contributed by atoms with van der Waals surface area (Å²) in [6.45, 7) is 0.432. The number of halogens is 2. The number of hydrazone groups is 1. The number of ether oxygens (including phenoxy) is 4. The van der Waals surface area contributed by atoms with Crippen molar-refractivity contribution >= 4 is 39.7 Å². The molecular formula is C23H18BrClN2O5. The summed E-state index contributed by atoms with van der Waals surface area (Å²) in [4.78, 5) is 12.3. The smallest absolute Gasteiger partial charge is 0.271 e. The van der Waals surface area contributed by atoms with E-state index in [1.165, 1.54) is 6.21 Å². The van der Waals surface area contributed by atoms with Crippen LogP contribution in [0, 0.1) is 0 Å². The molecule has 7 nitrogen and oxygen atoms in total. The number of benzene rings is 3. The fraction of sp³-hybridized carbons (Fsp3) is 0.130. The lowest BCUT2D eigenvalue weighted by Gasteiger charge is -2.14. The first-order valence-electron chi connectivity index (χ1n) is 9.52. The van der Waals surface area contributed by atoms with Gasteiger partial charge in [0.1, 0.15) is 6.61 Å². The van der Waals surface area contributed by atoms with Crippen LogP contribution in [0.3, 0.4) is 0 Å². The van der Waals surface area contributed by atoms with Crippen molar-refractivity contribution in [2.24, 2.45) is 5.10 Å². The van der Waals surface area contributed by atoms with Crippen molar-refractivity contribution in [3.05, 3.63) is 80.8 Å². The van der Waals surface area contributed by atoms with E-state index in [9.17, 15) is 4.79 Å². The van der Waals surface area contributed by atoms with Crippen molar-refractivity contribution in [3.8, 4) is 23.0 Å². The van der Waals surface area contributed by atoms with Gasteiger partial charge in [-0.2, -0.15) is 5.10 Å². The first-order chi connectivity index (χ1) is 15.5. The second-order valence-corrected chi connectivity index (χ2v) is 7.94. The Morgan fingerprint density at radius 2 is 2.00 bits per heavy atom. The monoisotopic (exact) mass is 516 g/mol. The summed E-state index contributed by atoms with van der Waals surface area (Å²) in [5, 5.41) is 4.66. The molecule has 0 aromatic heterocycles. The largest absolute Gasteiger partial charge is 0.493 e. The first kappa shape index (κ1) is 22.0. The lowest BCUT2D eigenvalue weighted by molar-refractivity contribution is 0.0954. The number of amides is 1. The molecule has 32 heavy (non-hydrogen) atoms. The van der Waals surface area contributed by atoms with Gasteiger partial charge in [0.25, 0.3) is 5.91 Å². The van der Waals surface area contributed by atoms with E-state index in [4.69, 9.17) is 30.5 Å². The average molecular weight is 518 g/mol. The summed E-state index contributed by atoms with van der Waals surface area (Å²) < 4.78 is 22.6. The number of hydrogen-bond acceptors (Lipinski definition) is 6. The fourth-order valence-corrected chi connectivity index (χ4v) is 3.75. The number of methoxy groups -OCH3 is 1. The van der Waals surface area contributed by atoms with E-state index in [0.717, 1.165) is 5.56 Å². The van der Waals surface area contributed by atoms with Gasteiger partial charge in [0.2, 0.25) is 6.79 Å². The van der Waals surface area contributed by atoms with Gasteiger partial charge in [0.15, 0.2) is 23.0 Å². The Kier molecular flexibility index (Phi) is 6.82. The highest BCUT2D eigenvalue weighted by Crippen LogP contribution is 2.37. The number of rotatable bonds is 7. The van der Waals surface area contributed by atoms with Gasteiger partial charge in [0, 0.05) is 16.1 Å². The van der Waals surface area contributed by atoms with Crippen molar-refractivity contribution in [2.75, 3.05) is 13.9 Å². The van der Waals surface area contributed by atoms with Gasteiger partial charge in [-0.1, -0.05) is 29.8 Å². The molecule has 1 aliphatic rings. The Labute approximate surface area is 198 Å². The summed E-state index contributed by atoms with van der Waals surface area (Å²) in [6, 6.07) is 16.0. The van der Waals surface area contributed by atoms with Crippen LogP contribution in [-0.2, 0) is 6.61 Å². The number of nitrogens with one attached hydrogen (secondary N) is 1. The second-order valence-electron chi connectivity index (χ2n) is 6.68. The second kappa shape index (κ2) is 9.93. The van der Waals surface area contributed by atoms with Crippen LogP contribution in [0.4, 0.5) is 0 Å². The topological polar surface area (TPSA) is 78.4 Å². The Morgan fingerprint density at radius 3 is 2.81 bits per heavy atom. The molecule has 0 saturated heterocycles. The molecule has 0 bridgehead atoms. The van der Waals surface area contributed by atoms with Crippen LogP contribution < -0.4 is 24.4 Å². The number of carbonyl (C=O) groups is 1. The Bertz CT molecular complexity index is 1190. The van der Waals surface area contributed by atoms with Crippen LogP contribution in [0.5, 0.6) is 23.0 Å². The Balaban J connectivity index is 1.43. The summed E-state index contributed by atoms with van der Waals surface area (Å²) in [5.74, 6) is 1.82. The SMILES string of the molecule is COc1cc(/C=N\NC(=O)c2ccc3c(c2)OCO3)cc(Br)c1OCc1ccccc1Cl. The molecule has 0 unspecified atom stereocenters. The maximum Gasteiger partial charge on any atom is 0.271 e. The lowest BCUT2D eigenvalue weighted by atomic mass is 10.2. The third-order valence-corrected chi connectivity index (χ3v) is 5.55. The quantitative estimate of drug-likeness (QED) is 0.345. The molecule has 0 atom stereocenters. The summed E-state index contributed by atoms with van der Waals surface area (Å²) in [5.41, 5.74) is 4.47. The van der Waals surface area contributed by atoms with Crippen LogP contribution in [0.25, 0.3) is 0 Å². The molecule has 1 amide bonds. The van der Waals surface area contributed by atoms with Crippen molar-refractivity contribution in [2.45, 2.75) is 6.61 Å². The molecule has 0 fully saturated rings. The van der Waals surface area contributed by atoms with Crippen LogP contribution in [-0.4, -0.2) is 26.0 Å². The minimum Gasteiger partial charge on any atom is -0.493 e. The van der Waals surface area contributed by atoms with E-state index in [0.29, 0.717) is 43.6 Å². The number of nitrogens with zero attached hydrogens (tertiary/aromatic N) is 1. The van der Waals surface area contributed by atoms with E-state index in [2.05, 4.69) is 26.5 Å². The van der Waals surface area contributed by atoms with Crippen LogP contribution in [0.2, 0.25) is 5.02 Å². The van der Waals surface area contributed by atoms with Gasteiger partial charge in [-0.3, -0.25) is 4.79 Å². The maximum atomic E-state index is 12.3. The summed E-state index contributed by atoms with van der Waals surface area (Å²) in [6.07, 6.45) is 1.51. The lowest BCUT2D eigenvalue weighted by Crippen LogP contribution is -2.17. The molecular weight excluding hydrogens is 500 g/mol. The number of carbonyl (C=O) groups excluding carboxylic acids is 1. The highest BCUT2D eigenvalue weighted by Gasteiger charge is 2.16. The van der Waals surface area contributed by atoms with Crippen molar-refractivity contribution in [3.63, 3.8) is 0 Å². The normalized spacial score (nSPS) is 12.1. The molecule has 3 aromatic rings. The molecule has 9 heteroatoms. The van der Waals surface area contributed by atoms with E-state index in [1.807, 2.05) is 24.3 Å². The summed E-state index contributed by atoms with van der Waals surface area (Å²) in [7, 11) is 1.55. The molecule has 0 radical (unpaired) electrons. The number of fused-ring (bicyclic) bond motifs is 1. The molecule has 1 aliphatic heterocycles. The maximum absolute atomic E-state index is 12.3. The molecule has 164 valence electrons. The van der Waals surface area contributed by atoms with E-state index < -0.39 is 0 Å². The van der Waals surface area contributed by atoms with Crippen molar-refractivity contribution in [1.29, 1.82) is 0 Å². The molecule has 0 spiro atoms. The van der Waals surface area contributed by atoms with Gasteiger partial charge in [-0.05, 0) is 57.9 Å². The molecule has 1 N–H and O–H groups in total. The first-order valence-corrected chi connectivity index (χ1v) is 10.7. The zero-order valence-corrected chi connectivity index (χ0v) is 19.3. The van der Waals surface area contributed by atoms with Crippen molar-refractivity contribution in [1.82, 2.24) is 5.43 Å². The van der Waals surface area contributed by atoms with Gasteiger partial charge in [0.05, 0.1) is 17.8 Å². The molecule has 0 saturated carbocycles. The Hall–Kier alpha value is -3.23. The van der Waals surface area contributed by atoms with Gasteiger partial charge in [-0.15, -0.1) is 0 Å². The minimum atomic E-state index is -0.370. The van der Waals surface area contributed by atoms with Gasteiger partial charge >= 0.3 is 0 Å². The van der Waals surface area contributed by atoms with Crippen molar-refractivity contribution < 1.29 is 23.7 Å². The third-order valence-electron chi connectivity index (χ3n) is 4.60. The Morgan fingerprint density at radius 1 is 1.19 bits per heavy atom. The third kappa shape index (κ3) is 4.98. The van der Waals surface area contributed by atoms with Crippen LogP contribution in [0.1, 0.15) is 21.5 Å². The van der Waals surface area contributed by atoms with E-state index >= 15 is 0 Å². The van der Waals surface area contributed by atoms with Crippen LogP contribution in [0.15, 0.2) is 64.2 Å². The standard InChI is InChI=1S/C23H18BrClN2O5/c1-29-21-9-14(8-17(24)22(21)30-12-16-4-2-3-5-18(16)25)11-26-27-23(28)15-6-7-19-20(10-15)32-13-31-19/h2-11H,12-13H2,1H3,(H,27,28)/b26-11-. The highest BCUT2D eigenvalue weighted by molar-refractivity contribution is 9.10. The number of hydrogen-bond donors (Lipinski definition) is 1. The minimum absolute atomic E-state index is 0.146. The zero-order valence-electron chi connectivity index (χ0n) is 16.9. The average Bonchev–Trinajstić information content (AvgIpc) is 3.27. The fourth-order valence-electron chi connectivity index (χ4n) is 2.99. The zero-order chi connectivity index (χ0) is 22.5. The van der Waals surface area contributed by atoms with Gasteiger partial charge < -0.3 is 18.9 Å². The molecule has 3 aromatic carbocycles. The molecule has 4 rings (SSSR count). The molecule has 1 heterocycles. The van der Waals surface area contributed by atoms with E-state index in [1.54, 1.807) is 37.4 Å². The predicted octanol–water partition coefficient (Wildman–Crippen LogP) is 5.18. The summed E-state index contributed by atoms with van der Waals surface area (Å²) >= 11 is 9.70. The van der Waals surface area contributed by atoms with Gasteiger partial charge in [-0.25, -0.2) is 5.43 Å². The molecule has 0 aliphatic carbocycles. The predicted molar refractivity (Wildman–Crippen MR) is 124 cm³/mol.